The molecule has 0 aliphatic rings. The highest BCUT2D eigenvalue weighted by Crippen LogP contribution is 2.23. The number of anilines is 1. The SMILES string of the molecule is CNS(=O)(=O)c1ccccc1NC(CO)(CO)CO. The Kier molecular flexibility index (Phi) is 5.27. The van der Waals surface area contributed by atoms with Crippen LogP contribution in [0.4, 0.5) is 5.69 Å². The molecule has 0 aromatic heterocycles. The second-order valence-corrected chi connectivity index (χ2v) is 5.94. The maximum atomic E-state index is 11.8. The van der Waals surface area contributed by atoms with Crippen molar-refractivity contribution in [3.63, 3.8) is 0 Å². The number of rotatable bonds is 7. The second-order valence-electron chi connectivity index (χ2n) is 4.08. The van der Waals surface area contributed by atoms with Gasteiger partial charge in [0, 0.05) is 0 Å². The predicted molar refractivity (Wildman–Crippen MR) is 70.3 cm³/mol. The van der Waals surface area contributed by atoms with Gasteiger partial charge in [-0.1, -0.05) is 12.1 Å². The monoisotopic (exact) mass is 290 g/mol. The topological polar surface area (TPSA) is 119 Å². The number of hydrogen-bond donors (Lipinski definition) is 5. The Balaban J connectivity index is 3.22. The maximum absolute atomic E-state index is 11.8. The molecule has 0 bridgehead atoms. The Labute approximate surface area is 111 Å². The number of aliphatic hydroxyl groups is 3. The van der Waals surface area contributed by atoms with Crippen molar-refractivity contribution in [1.29, 1.82) is 0 Å². The third kappa shape index (κ3) is 3.43. The molecule has 8 heteroatoms. The fourth-order valence-corrected chi connectivity index (χ4v) is 2.35. The van der Waals surface area contributed by atoms with Crippen LogP contribution < -0.4 is 10.0 Å². The summed E-state index contributed by atoms with van der Waals surface area (Å²) in [7, 11) is -2.40. The van der Waals surface area contributed by atoms with E-state index < -0.39 is 35.4 Å². The van der Waals surface area contributed by atoms with Crippen molar-refractivity contribution < 1.29 is 23.7 Å². The summed E-state index contributed by atoms with van der Waals surface area (Å²) in [6.07, 6.45) is 0. The van der Waals surface area contributed by atoms with Gasteiger partial charge in [-0.15, -0.1) is 0 Å². The van der Waals surface area contributed by atoms with E-state index in [1.54, 1.807) is 12.1 Å². The van der Waals surface area contributed by atoms with Gasteiger partial charge in [-0.3, -0.25) is 0 Å². The molecular formula is C11H18N2O5S. The largest absolute Gasteiger partial charge is 0.394 e. The zero-order valence-electron chi connectivity index (χ0n) is 10.5. The minimum absolute atomic E-state index is 0.0303. The summed E-state index contributed by atoms with van der Waals surface area (Å²) >= 11 is 0. The fraction of sp³-hybridized carbons (Fsp3) is 0.455. The highest BCUT2D eigenvalue weighted by atomic mass is 32.2. The molecule has 0 atom stereocenters. The third-order valence-electron chi connectivity index (χ3n) is 2.75. The Morgan fingerprint density at radius 2 is 1.63 bits per heavy atom. The van der Waals surface area contributed by atoms with E-state index >= 15 is 0 Å². The molecule has 0 heterocycles. The van der Waals surface area contributed by atoms with Crippen molar-refractivity contribution in [1.82, 2.24) is 4.72 Å². The van der Waals surface area contributed by atoms with Crippen molar-refractivity contribution >= 4 is 15.7 Å². The molecule has 0 fully saturated rings. The van der Waals surface area contributed by atoms with E-state index in [0.29, 0.717) is 0 Å². The lowest BCUT2D eigenvalue weighted by atomic mass is 10.0. The van der Waals surface area contributed by atoms with E-state index in [-0.39, 0.29) is 10.6 Å². The fourth-order valence-electron chi connectivity index (χ4n) is 1.47. The van der Waals surface area contributed by atoms with Crippen LogP contribution in [0.15, 0.2) is 29.2 Å². The highest BCUT2D eigenvalue weighted by Gasteiger charge is 2.30. The molecule has 7 nitrogen and oxygen atoms in total. The van der Waals surface area contributed by atoms with Gasteiger partial charge in [-0.05, 0) is 19.2 Å². The second kappa shape index (κ2) is 6.31. The molecule has 1 aromatic rings. The minimum atomic E-state index is -3.68. The molecule has 5 N–H and O–H groups in total. The molecule has 0 aliphatic carbocycles. The first-order valence-corrected chi connectivity index (χ1v) is 7.06. The Morgan fingerprint density at radius 3 is 2.11 bits per heavy atom. The molecule has 1 aromatic carbocycles. The normalized spacial score (nSPS) is 12.4. The molecule has 0 amide bonds. The Morgan fingerprint density at radius 1 is 1.11 bits per heavy atom. The average Bonchev–Trinajstić information content (AvgIpc) is 2.45. The molecule has 0 unspecified atom stereocenters. The zero-order valence-corrected chi connectivity index (χ0v) is 11.3. The summed E-state index contributed by atoms with van der Waals surface area (Å²) in [5.74, 6) is 0. The molecular weight excluding hydrogens is 272 g/mol. The van der Waals surface area contributed by atoms with Crippen LogP contribution in [0.1, 0.15) is 0 Å². The van der Waals surface area contributed by atoms with E-state index in [2.05, 4.69) is 10.0 Å². The van der Waals surface area contributed by atoms with E-state index in [9.17, 15) is 23.7 Å². The first-order valence-electron chi connectivity index (χ1n) is 5.58. The number of sulfonamides is 1. The van der Waals surface area contributed by atoms with E-state index in [0.717, 1.165) is 0 Å². The minimum Gasteiger partial charge on any atom is -0.394 e. The van der Waals surface area contributed by atoms with Crippen molar-refractivity contribution in [3.05, 3.63) is 24.3 Å². The van der Waals surface area contributed by atoms with Gasteiger partial charge in [0.2, 0.25) is 10.0 Å². The number of aliphatic hydroxyl groups excluding tert-OH is 3. The molecule has 1 rings (SSSR count). The molecule has 0 saturated heterocycles. The number of para-hydroxylation sites is 1. The van der Waals surface area contributed by atoms with Crippen LogP contribution in [0.25, 0.3) is 0 Å². The first-order chi connectivity index (χ1) is 8.94. The van der Waals surface area contributed by atoms with Gasteiger partial charge in [0.15, 0.2) is 0 Å². The molecule has 19 heavy (non-hydrogen) atoms. The summed E-state index contributed by atoms with van der Waals surface area (Å²) in [5.41, 5.74) is -1.20. The molecule has 0 spiro atoms. The smallest absolute Gasteiger partial charge is 0.242 e. The number of nitrogens with one attached hydrogen (secondary N) is 2. The van der Waals surface area contributed by atoms with E-state index in [4.69, 9.17) is 0 Å². The lowest BCUT2D eigenvalue weighted by Gasteiger charge is -2.30. The van der Waals surface area contributed by atoms with Crippen LogP contribution in [0.3, 0.4) is 0 Å². The standard InChI is InChI=1S/C11H18N2O5S/c1-12-19(17,18)10-5-3-2-4-9(10)13-11(6-14,7-15)8-16/h2-5,12-16H,6-8H2,1H3. The Bertz CT molecular complexity index is 505. The number of benzene rings is 1. The van der Waals surface area contributed by atoms with Crippen molar-refractivity contribution in [3.8, 4) is 0 Å². The molecule has 108 valence electrons. The van der Waals surface area contributed by atoms with Crippen molar-refractivity contribution in [2.24, 2.45) is 0 Å². The average molecular weight is 290 g/mol. The first kappa shape index (κ1) is 15.9. The highest BCUT2D eigenvalue weighted by molar-refractivity contribution is 7.89. The third-order valence-corrected chi connectivity index (χ3v) is 4.23. The van der Waals surface area contributed by atoms with Crippen LogP contribution in [-0.2, 0) is 10.0 Å². The quantitative estimate of drug-likeness (QED) is 0.427. The molecule has 0 radical (unpaired) electrons. The summed E-state index contributed by atoms with van der Waals surface area (Å²) in [6.45, 7) is -1.64. The van der Waals surface area contributed by atoms with Crippen LogP contribution in [0.5, 0.6) is 0 Å². The van der Waals surface area contributed by atoms with Crippen LogP contribution in [-0.4, -0.2) is 56.1 Å². The van der Waals surface area contributed by atoms with Gasteiger partial charge < -0.3 is 20.6 Å². The summed E-state index contributed by atoms with van der Waals surface area (Å²) < 4.78 is 25.9. The van der Waals surface area contributed by atoms with Gasteiger partial charge in [-0.25, -0.2) is 13.1 Å². The number of hydrogen-bond acceptors (Lipinski definition) is 6. The van der Waals surface area contributed by atoms with Gasteiger partial charge in [0.05, 0.1) is 25.5 Å². The van der Waals surface area contributed by atoms with Gasteiger partial charge >= 0.3 is 0 Å². The van der Waals surface area contributed by atoms with Gasteiger partial charge in [-0.2, -0.15) is 0 Å². The van der Waals surface area contributed by atoms with Gasteiger partial charge in [0.25, 0.3) is 0 Å². The predicted octanol–water partition coefficient (Wildman–Crippen LogP) is -1.28. The van der Waals surface area contributed by atoms with E-state index in [1.165, 1.54) is 19.2 Å². The van der Waals surface area contributed by atoms with Crippen LogP contribution in [0.2, 0.25) is 0 Å². The summed E-state index contributed by atoms with van der Waals surface area (Å²) in [6, 6.07) is 6.02. The summed E-state index contributed by atoms with van der Waals surface area (Å²) in [5, 5.41) is 30.4. The Hall–Kier alpha value is -1.19. The lowest BCUT2D eigenvalue weighted by Crippen LogP contribution is -2.49. The summed E-state index contributed by atoms with van der Waals surface area (Å²) in [4.78, 5) is -0.0303. The molecule has 0 aliphatic heterocycles. The van der Waals surface area contributed by atoms with Crippen LogP contribution in [0, 0.1) is 0 Å². The van der Waals surface area contributed by atoms with Crippen molar-refractivity contribution in [2.75, 3.05) is 32.2 Å². The van der Waals surface area contributed by atoms with E-state index in [1.807, 2.05) is 0 Å². The zero-order chi connectivity index (χ0) is 14.5. The van der Waals surface area contributed by atoms with Crippen LogP contribution >= 0.6 is 0 Å². The molecule has 0 saturated carbocycles. The van der Waals surface area contributed by atoms with Crippen molar-refractivity contribution in [2.45, 2.75) is 10.4 Å². The lowest BCUT2D eigenvalue weighted by molar-refractivity contribution is 0.0832. The van der Waals surface area contributed by atoms with Gasteiger partial charge in [0.1, 0.15) is 10.4 Å². The maximum Gasteiger partial charge on any atom is 0.242 e.